The van der Waals surface area contributed by atoms with E-state index in [2.05, 4.69) is 10.1 Å². The van der Waals surface area contributed by atoms with E-state index in [1.54, 1.807) is 0 Å². The molecule has 0 aromatic heterocycles. The van der Waals surface area contributed by atoms with Gasteiger partial charge in [-0.05, 0) is 23.6 Å². The third kappa shape index (κ3) is 5.85. The van der Waals surface area contributed by atoms with Crippen LogP contribution in [0.25, 0.3) is 0 Å². The van der Waals surface area contributed by atoms with Crippen molar-refractivity contribution in [3.63, 3.8) is 0 Å². The van der Waals surface area contributed by atoms with Gasteiger partial charge in [0.05, 0.1) is 5.02 Å². The maximum absolute atomic E-state index is 12.1. The van der Waals surface area contributed by atoms with Gasteiger partial charge in [-0.3, -0.25) is 4.79 Å². The zero-order chi connectivity index (χ0) is 16.2. The number of hydrogen-bond donors (Lipinski definition) is 2. The van der Waals surface area contributed by atoms with Crippen LogP contribution in [0.3, 0.4) is 0 Å². The van der Waals surface area contributed by atoms with Crippen LogP contribution >= 0.6 is 11.6 Å². The number of anilines is 1. The molecular weight excluding hydrogens is 302 g/mol. The third-order valence-corrected chi connectivity index (χ3v) is 3.24. The lowest BCUT2D eigenvalue weighted by Gasteiger charge is -2.26. The summed E-state index contributed by atoms with van der Waals surface area (Å²) in [5, 5.41) is 2.61. The Morgan fingerprint density at radius 2 is 2.05 bits per heavy atom. The Morgan fingerprint density at radius 1 is 1.43 bits per heavy atom. The number of ether oxygens (including phenoxy) is 1. The molecule has 118 valence electrons. The maximum Gasteiger partial charge on any atom is 0.387 e. The number of carbonyl (C=O) groups is 1. The van der Waals surface area contributed by atoms with E-state index in [-0.39, 0.29) is 34.6 Å². The minimum absolute atomic E-state index is 0.00628. The summed E-state index contributed by atoms with van der Waals surface area (Å²) >= 11 is 5.80. The molecule has 21 heavy (non-hydrogen) atoms. The summed E-state index contributed by atoms with van der Waals surface area (Å²) < 4.78 is 28.4. The number of benzene rings is 1. The molecule has 4 nitrogen and oxygen atoms in total. The predicted octanol–water partition coefficient (Wildman–Crippen LogP) is 3.64. The van der Waals surface area contributed by atoms with Crippen molar-refractivity contribution >= 4 is 23.2 Å². The van der Waals surface area contributed by atoms with Crippen molar-refractivity contribution in [2.24, 2.45) is 11.1 Å². The Labute approximate surface area is 127 Å². The first-order valence-electron chi connectivity index (χ1n) is 6.39. The van der Waals surface area contributed by atoms with Crippen LogP contribution in [0.4, 0.5) is 14.5 Å². The fourth-order valence-corrected chi connectivity index (χ4v) is 1.71. The zero-order valence-corrected chi connectivity index (χ0v) is 12.9. The van der Waals surface area contributed by atoms with Gasteiger partial charge in [-0.15, -0.1) is 0 Å². The second-order valence-corrected chi connectivity index (χ2v) is 6.16. The first-order chi connectivity index (χ1) is 9.59. The number of rotatable bonds is 5. The molecule has 0 spiro atoms. The fourth-order valence-electron chi connectivity index (χ4n) is 1.49. The highest BCUT2D eigenvalue weighted by atomic mass is 35.5. The molecule has 0 aliphatic carbocycles. The summed E-state index contributed by atoms with van der Waals surface area (Å²) in [6, 6.07) is 3.76. The fraction of sp³-hybridized carbons (Fsp3) is 0.500. The van der Waals surface area contributed by atoms with Crippen molar-refractivity contribution in [3.8, 4) is 5.75 Å². The Balaban J connectivity index is 2.67. The second kappa shape index (κ2) is 7.04. The molecule has 1 aromatic rings. The predicted molar refractivity (Wildman–Crippen MR) is 78.8 cm³/mol. The molecule has 0 aliphatic rings. The highest BCUT2D eigenvalue weighted by molar-refractivity contribution is 6.32. The molecule has 1 unspecified atom stereocenters. The van der Waals surface area contributed by atoms with Gasteiger partial charge in [0.1, 0.15) is 5.75 Å². The number of nitrogens with one attached hydrogen (secondary N) is 1. The normalized spacial score (nSPS) is 13.1. The molecule has 1 amide bonds. The van der Waals surface area contributed by atoms with E-state index in [0.717, 1.165) is 0 Å². The summed E-state index contributed by atoms with van der Waals surface area (Å²) in [6.07, 6.45) is 0.149. The van der Waals surface area contributed by atoms with Gasteiger partial charge in [0.2, 0.25) is 5.91 Å². The summed E-state index contributed by atoms with van der Waals surface area (Å²) in [6.45, 7) is 2.88. The lowest BCUT2D eigenvalue weighted by Crippen LogP contribution is -2.38. The second-order valence-electron chi connectivity index (χ2n) is 5.75. The molecule has 0 fully saturated rings. The van der Waals surface area contributed by atoms with Crippen LogP contribution in [0.2, 0.25) is 5.02 Å². The van der Waals surface area contributed by atoms with Crippen molar-refractivity contribution in [1.29, 1.82) is 0 Å². The van der Waals surface area contributed by atoms with Crippen LogP contribution in [0.15, 0.2) is 18.2 Å². The molecular formula is C14H19ClF2N2O2. The molecule has 0 bridgehead atoms. The van der Waals surface area contributed by atoms with Crippen LogP contribution in [0, 0.1) is 5.41 Å². The minimum atomic E-state index is -2.95. The first kappa shape index (κ1) is 17.7. The van der Waals surface area contributed by atoms with Crippen molar-refractivity contribution in [2.75, 3.05) is 5.32 Å². The number of carbonyl (C=O) groups excluding carboxylic acids is 1. The average molecular weight is 321 g/mol. The van der Waals surface area contributed by atoms with Gasteiger partial charge in [0.15, 0.2) is 0 Å². The Kier molecular flexibility index (Phi) is 5.92. The lowest BCUT2D eigenvalue weighted by molar-refractivity contribution is -0.117. The van der Waals surface area contributed by atoms with Crippen molar-refractivity contribution in [1.82, 2.24) is 0 Å². The van der Waals surface area contributed by atoms with E-state index in [4.69, 9.17) is 17.3 Å². The van der Waals surface area contributed by atoms with Crippen molar-refractivity contribution in [2.45, 2.75) is 39.8 Å². The Hall–Kier alpha value is -1.40. The van der Waals surface area contributed by atoms with Crippen LogP contribution in [-0.2, 0) is 4.79 Å². The summed E-state index contributed by atoms with van der Waals surface area (Å²) in [5.74, 6) is -0.410. The molecule has 3 N–H and O–H groups in total. The minimum Gasteiger partial charge on any atom is -0.433 e. The average Bonchev–Trinajstić information content (AvgIpc) is 2.30. The highest BCUT2D eigenvalue weighted by Gasteiger charge is 2.23. The molecule has 0 radical (unpaired) electrons. The Morgan fingerprint density at radius 3 is 2.52 bits per heavy atom. The number of alkyl halides is 2. The quantitative estimate of drug-likeness (QED) is 0.870. The number of halogens is 3. The standard InChI is InChI=1S/C14H19ClF2N2O2/c1-14(2,3)11(18)7-12(20)19-8-4-5-10(9(15)6-8)21-13(16)17/h4-6,11,13H,7,18H2,1-3H3,(H,19,20). The molecule has 1 atom stereocenters. The topological polar surface area (TPSA) is 64.4 Å². The smallest absolute Gasteiger partial charge is 0.387 e. The third-order valence-electron chi connectivity index (χ3n) is 2.95. The van der Waals surface area contributed by atoms with Gasteiger partial charge in [-0.1, -0.05) is 32.4 Å². The molecule has 0 saturated heterocycles. The molecule has 0 saturated carbocycles. The van der Waals surface area contributed by atoms with E-state index in [9.17, 15) is 13.6 Å². The molecule has 0 aliphatic heterocycles. The highest BCUT2D eigenvalue weighted by Crippen LogP contribution is 2.29. The van der Waals surface area contributed by atoms with E-state index >= 15 is 0 Å². The molecule has 0 heterocycles. The van der Waals surface area contributed by atoms with Gasteiger partial charge >= 0.3 is 6.61 Å². The number of nitrogens with two attached hydrogens (primary N) is 1. The molecule has 7 heteroatoms. The summed E-state index contributed by atoms with van der Waals surface area (Å²) in [7, 11) is 0. The van der Waals surface area contributed by atoms with E-state index < -0.39 is 6.61 Å². The largest absolute Gasteiger partial charge is 0.433 e. The monoisotopic (exact) mass is 320 g/mol. The van der Waals surface area contributed by atoms with Gasteiger partial charge < -0.3 is 15.8 Å². The van der Waals surface area contributed by atoms with Crippen molar-refractivity contribution < 1.29 is 18.3 Å². The van der Waals surface area contributed by atoms with Crippen LogP contribution in [-0.4, -0.2) is 18.6 Å². The molecule has 1 rings (SSSR count). The van der Waals surface area contributed by atoms with Gasteiger partial charge in [-0.25, -0.2) is 0 Å². The van der Waals surface area contributed by atoms with Crippen LogP contribution in [0.1, 0.15) is 27.2 Å². The number of amides is 1. The summed E-state index contributed by atoms with van der Waals surface area (Å²) in [4.78, 5) is 11.9. The summed E-state index contributed by atoms with van der Waals surface area (Å²) in [5.41, 5.74) is 6.13. The van der Waals surface area contributed by atoms with Gasteiger partial charge in [0.25, 0.3) is 0 Å². The van der Waals surface area contributed by atoms with Gasteiger partial charge in [0, 0.05) is 18.2 Å². The molecule has 1 aromatic carbocycles. The first-order valence-corrected chi connectivity index (χ1v) is 6.77. The SMILES string of the molecule is CC(C)(C)C(N)CC(=O)Nc1ccc(OC(F)F)c(Cl)c1. The van der Waals surface area contributed by atoms with E-state index in [1.807, 2.05) is 20.8 Å². The zero-order valence-electron chi connectivity index (χ0n) is 12.1. The van der Waals surface area contributed by atoms with Gasteiger partial charge in [-0.2, -0.15) is 8.78 Å². The maximum atomic E-state index is 12.1. The van der Waals surface area contributed by atoms with Crippen molar-refractivity contribution in [3.05, 3.63) is 23.2 Å². The van der Waals surface area contributed by atoms with Crippen LogP contribution < -0.4 is 15.8 Å². The van der Waals surface area contributed by atoms with Crippen LogP contribution in [0.5, 0.6) is 5.75 Å². The van der Waals surface area contributed by atoms with E-state index in [1.165, 1.54) is 18.2 Å². The number of hydrogen-bond acceptors (Lipinski definition) is 3. The Bertz CT molecular complexity index is 504. The lowest BCUT2D eigenvalue weighted by atomic mass is 9.85. The van der Waals surface area contributed by atoms with E-state index in [0.29, 0.717) is 5.69 Å².